The van der Waals surface area contributed by atoms with E-state index in [1.165, 1.54) is 83.5 Å². The topological polar surface area (TPSA) is 54.4 Å². The average molecular weight is 529 g/mol. The maximum Gasteiger partial charge on any atom is 0.307 e. The van der Waals surface area contributed by atoms with Gasteiger partial charge in [0.2, 0.25) is 0 Å². The number of allylic oxidation sites excluding steroid dienone is 2. The predicted octanol–water partition coefficient (Wildman–Crippen LogP) is 8.38. The van der Waals surface area contributed by atoms with Crippen LogP contribution in [-0.2, 0) is 20.7 Å². The maximum absolute atomic E-state index is 11.3. The molecule has 0 atom stereocenters. The fourth-order valence-corrected chi connectivity index (χ4v) is 4.69. The number of carboxylic acids is 1. The van der Waals surface area contributed by atoms with Crippen LogP contribution in [0.1, 0.15) is 108 Å². The van der Waals surface area contributed by atoms with Gasteiger partial charge in [0.05, 0.1) is 9.99 Å². The highest BCUT2D eigenvalue weighted by Crippen LogP contribution is 2.20. The SMILES string of the molecule is CCCCCCCCCC/C=C/CCCCCCc1ccc(I=O)c(CC(=O)O)c1. The van der Waals surface area contributed by atoms with E-state index in [-0.39, 0.29) is 6.42 Å². The zero-order chi connectivity index (χ0) is 21.9. The first-order chi connectivity index (χ1) is 14.7. The smallest absolute Gasteiger partial charge is 0.307 e. The van der Waals surface area contributed by atoms with E-state index in [0.717, 1.165) is 27.5 Å². The summed E-state index contributed by atoms with van der Waals surface area (Å²) in [7, 11) is 0. The average Bonchev–Trinajstić information content (AvgIpc) is 2.73. The van der Waals surface area contributed by atoms with Crippen LogP contribution in [0.5, 0.6) is 0 Å². The molecule has 1 rings (SSSR count). The van der Waals surface area contributed by atoms with Crippen molar-refractivity contribution in [3.8, 4) is 0 Å². The first kappa shape index (κ1) is 27.0. The minimum absolute atomic E-state index is 0.0313. The van der Waals surface area contributed by atoms with E-state index in [4.69, 9.17) is 5.11 Å². The zero-order valence-corrected chi connectivity index (χ0v) is 21.0. The summed E-state index contributed by atoms with van der Waals surface area (Å²) in [6.45, 7) is 2.27. The van der Waals surface area contributed by atoms with Gasteiger partial charge in [0.15, 0.2) is 21.2 Å². The van der Waals surface area contributed by atoms with E-state index >= 15 is 0 Å². The first-order valence-corrected chi connectivity index (χ1v) is 13.9. The normalized spacial score (nSPS) is 11.4. The Kier molecular flexibility index (Phi) is 16.8. The Bertz CT molecular complexity index is 625. The Morgan fingerprint density at radius 3 is 2.00 bits per heavy atom. The number of aryl methyl sites for hydroxylation is 1. The molecule has 0 saturated heterocycles. The Hall–Kier alpha value is -1.04. The molecule has 0 heterocycles. The molecule has 30 heavy (non-hydrogen) atoms. The number of carbonyl (C=O) groups is 1. The van der Waals surface area contributed by atoms with Gasteiger partial charge in [0.25, 0.3) is 0 Å². The van der Waals surface area contributed by atoms with Crippen LogP contribution < -0.4 is 0 Å². The van der Waals surface area contributed by atoms with E-state index in [9.17, 15) is 7.86 Å². The second kappa shape index (κ2) is 18.7. The van der Waals surface area contributed by atoms with Crippen LogP contribution in [0.2, 0.25) is 0 Å². The Morgan fingerprint density at radius 1 is 0.867 bits per heavy atom. The van der Waals surface area contributed by atoms with Crippen molar-refractivity contribution < 1.29 is 13.0 Å². The van der Waals surface area contributed by atoms with Crippen LogP contribution >= 0.6 is 21.2 Å². The highest BCUT2D eigenvalue weighted by Gasteiger charge is 2.08. The fraction of sp³-hybridized carbons (Fsp3) is 0.654. The molecule has 0 amide bonds. The minimum atomic E-state index is -1.31. The lowest BCUT2D eigenvalue weighted by atomic mass is 10.0. The van der Waals surface area contributed by atoms with E-state index in [2.05, 4.69) is 19.1 Å². The number of carboxylic acid groups (broad SMARTS) is 1. The number of unbranched alkanes of at least 4 members (excludes halogenated alkanes) is 12. The summed E-state index contributed by atoms with van der Waals surface area (Å²) in [4.78, 5) is 11.0. The third-order valence-corrected chi connectivity index (χ3v) is 7.04. The summed E-state index contributed by atoms with van der Waals surface area (Å²) in [6.07, 6.45) is 24.0. The van der Waals surface area contributed by atoms with Crippen LogP contribution in [0.15, 0.2) is 30.4 Å². The number of hydrogen-bond acceptors (Lipinski definition) is 2. The van der Waals surface area contributed by atoms with Gasteiger partial charge in [-0.15, -0.1) is 0 Å². The quantitative estimate of drug-likeness (QED) is 0.111. The molecule has 0 fully saturated rings. The highest BCUT2D eigenvalue weighted by molar-refractivity contribution is 14.1. The molecule has 1 aromatic carbocycles. The molecule has 0 unspecified atom stereocenters. The summed E-state index contributed by atoms with van der Waals surface area (Å²) >= 11 is -1.31. The first-order valence-electron chi connectivity index (χ1n) is 11.9. The monoisotopic (exact) mass is 528 g/mol. The van der Waals surface area contributed by atoms with Gasteiger partial charge >= 0.3 is 5.97 Å². The molecule has 0 aliphatic carbocycles. The lowest BCUT2D eigenvalue weighted by molar-refractivity contribution is -0.136. The fourth-order valence-electron chi connectivity index (χ4n) is 3.73. The van der Waals surface area contributed by atoms with Gasteiger partial charge in [-0.25, -0.2) is 0 Å². The van der Waals surface area contributed by atoms with Crippen LogP contribution in [0, 0.1) is 3.57 Å². The molecule has 0 spiro atoms. The summed E-state index contributed by atoms with van der Waals surface area (Å²) in [6, 6.07) is 5.80. The lowest BCUT2D eigenvalue weighted by Crippen LogP contribution is -2.03. The molecule has 0 bridgehead atoms. The van der Waals surface area contributed by atoms with Crippen molar-refractivity contribution in [3.05, 3.63) is 45.0 Å². The zero-order valence-electron chi connectivity index (χ0n) is 18.8. The van der Waals surface area contributed by atoms with Crippen molar-refractivity contribution in [3.63, 3.8) is 0 Å². The van der Waals surface area contributed by atoms with Gasteiger partial charge in [-0.2, -0.15) is 0 Å². The number of hydrogen-bond donors (Lipinski definition) is 1. The maximum atomic E-state index is 11.3. The van der Waals surface area contributed by atoms with Gasteiger partial charge in [-0.3, -0.25) is 7.86 Å². The van der Waals surface area contributed by atoms with Crippen molar-refractivity contribution in [1.82, 2.24) is 0 Å². The van der Waals surface area contributed by atoms with Gasteiger partial charge in [-0.1, -0.05) is 89.0 Å². The molecule has 4 heteroatoms. The second-order valence-electron chi connectivity index (χ2n) is 8.26. The molecule has 1 N–H and O–H groups in total. The highest BCUT2D eigenvalue weighted by atomic mass is 127. The van der Waals surface area contributed by atoms with Crippen molar-refractivity contribution >= 4 is 27.2 Å². The molecular weight excluding hydrogens is 487 g/mol. The predicted molar refractivity (Wildman–Crippen MR) is 134 cm³/mol. The summed E-state index contributed by atoms with van der Waals surface area (Å²) in [5.41, 5.74) is 1.89. The van der Waals surface area contributed by atoms with Crippen LogP contribution in [0.25, 0.3) is 0 Å². The minimum Gasteiger partial charge on any atom is -0.481 e. The molecule has 0 radical (unpaired) electrons. The standard InChI is InChI=1S/C26H41IO3/c1-2-3-4-5-6-7-8-9-10-11-12-13-14-15-16-17-18-23-19-20-25(27-30)24(21-23)22-26(28)29/h11-12,19-21H,2-10,13-18,22H2,1H3,(H,28,29)/b12-11+. The Morgan fingerprint density at radius 2 is 1.43 bits per heavy atom. The van der Waals surface area contributed by atoms with Crippen molar-refractivity contribution in [2.75, 3.05) is 0 Å². The van der Waals surface area contributed by atoms with E-state index in [1.54, 1.807) is 0 Å². The van der Waals surface area contributed by atoms with Crippen molar-refractivity contribution in [1.29, 1.82) is 0 Å². The largest absolute Gasteiger partial charge is 0.481 e. The van der Waals surface area contributed by atoms with Crippen molar-refractivity contribution in [2.45, 2.75) is 110 Å². The van der Waals surface area contributed by atoms with E-state index < -0.39 is 27.2 Å². The third-order valence-electron chi connectivity index (χ3n) is 5.51. The molecule has 0 aliphatic rings. The van der Waals surface area contributed by atoms with Gasteiger partial charge < -0.3 is 5.11 Å². The summed E-state index contributed by atoms with van der Waals surface area (Å²) in [5, 5.41) is 9.01. The third kappa shape index (κ3) is 14.1. The van der Waals surface area contributed by atoms with Crippen LogP contribution in [-0.4, -0.2) is 11.1 Å². The van der Waals surface area contributed by atoms with Gasteiger partial charge in [-0.05, 0) is 55.7 Å². The summed E-state index contributed by atoms with van der Waals surface area (Å²) < 4.78 is 12.0. The molecule has 0 aromatic heterocycles. The van der Waals surface area contributed by atoms with Crippen molar-refractivity contribution in [2.24, 2.45) is 0 Å². The van der Waals surface area contributed by atoms with Gasteiger partial charge in [0, 0.05) is 0 Å². The molecule has 0 saturated carbocycles. The molecule has 170 valence electrons. The number of rotatable bonds is 19. The molecule has 3 nitrogen and oxygen atoms in total. The molecule has 1 aromatic rings. The van der Waals surface area contributed by atoms with E-state index in [1.807, 2.05) is 18.2 Å². The number of halogens is 1. The van der Waals surface area contributed by atoms with Gasteiger partial charge in [0.1, 0.15) is 0 Å². The summed E-state index contributed by atoms with van der Waals surface area (Å²) in [5.74, 6) is -0.860. The molecule has 0 aliphatic heterocycles. The Balaban J connectivity index is 2.02. The second-order valence-corrected chi connectivity index (χ2v) is 9.86. The Labute approximate surface area is 194 Å². The molecular formula is C26H41IO3. The van der Waals surface area contributed by atoms with Crippen LogP contribution in [0.4, 0.5) is 0 Å². The van der Waals surface area contributed by atoms with Crippen LogP contribution in [0.3, 0.4) is 0 Å². The van der Waals surface area contributed by atoms with E-state index in [0.29, 0.717) is 0 Å². The number of aliphatic carboxylic acids is 1. The lowest BCUT2D eigenvalue weighted by Gasteiger charge is -2.06. The number of benzene rings is 1.